The molecule has 0 aromatic rings. The molecule has 0 aliphatic carbocycles. The molecule has 0 nitrogen and oxygen atoms in total. The summed E-state index contributed by atoms with van der Waals surface area (Å²) in [5.41, 5.74) is 0.183. The molecule has 0 spiro atoms. The molecule has 0 aliphatic rings. The predicted octanol–water partition coefficient (Wildman–Crippen LogP) is 5.85. The van der Waals surface area contributed by atoms with E-state index in [9.17, 15) is 0 Å². The van der Waals surface area contributed by atoms with Crippen LogP contribution in [0, 0.1) is 0 Å². The lowest BCUT2D eigenvalue weighted by Crippen LogP contribution is -2.17. The van der Waals surface area contributed by atoms with Crippen molar-refractivity contribution in [2.45, 2.75) is 38.2 Å². The van der Waals surface area contributed by atoms with E-state index in [-0.39, 0.29) is 5.53 Å². The monoisotopic (exact) mass is 318 g/mol. The Hall–Kier alpha value is 1.48. The van der Waals surface area contributed by atoms with Crippen LogP contribution in [0.25, 0.3) is 0 Å². The van der Waals surface area contributed by atoms with Crippen LogP contribution in [-0.2, 0) is 0 Å². The summed E-state index contributed by atoms with van der Waals surface area (Å²) >= 11 is 0. The van der Waals surface area contributed by atoms with Gasteiger partial charge in [0, 0.05) is 5.53 Å². The lowest BCUT2D eigenvalue weighted by atomic mass is 10.6. The van der Waals surface area contributed by atoms with Gasteiger partial charge in [-0.2, -0.15) is 0 Å². The van der Waals surface area contributed by atoms with Crippen LogP contribution in [0.2, 0.25) is 0 Å². The first-order valence-electron chi connectivity index (χ1n) is 6.19. The van der Waals surface area contributed by atoms with Crippen LogP contribution in [0.1, 0.15) is 27.7 Å². The third-order valence-corrected chi connectivity index (χ3v) is 42.3. The van der Waals surface area contributed by atoms with Gasteiger partial charge in [-0.05, 0) is 54.3 Å². The van der Waals surface area contributed by atoms with Crippen LogP contribution in [0.15, 0.2) is 0 Å². The first kappa shape index (κ1) is 18.5. The molecule has 17 heavy (non-hydrogen) atoms. The fraction of sp³-hybridized carbons (Fsp3) is 1.00. The van der Waals surface area contributed by atoms with Crippen molar-refractivity contribution in [3.63, 3.8) is 0 Å². The molecule has 0 rings (SSSR count). The first-order valence-corrected chi connectivity index (χ1v) is 17.2. The Labute approximate surface area is 116 Å². The second-order valence-corrected chi connectivity index (χ2v) is 32.4. The molecular weight excluding hydrogens is 283 g/mol. The number of hydrogen-bond acceptors (Lipinski definition) is 0. The zero-order valence-electron chi connectivity index (χ0n) is 13.8. The summed E-state index contributed by atoms with van der Waals surface area (Å²) in [6.07, 6.45) is 18.1. The number of hydrogen-bond donors (Lipinski definition) is 0. The van der Waals surface area contributed by atoms with Crippen LogP contribution in [0.4, 0.5) is 0 Å². The Bertz CT molecular complexity index is 232. The molecule has 0 aromatic heterocycles. The minimum absolute atomic E-state index is 0.183. The van der Waals surface area contributed by atoms with Gasteiger partial charge in [-0.25, -0.2) is 28.9 Å². The van der Waals surface area contributed by atoms with Crippen LogP contribution in [-0.4, -0.2) is 54.3 Å². The molecule has 0 unspecified atom stereocenters. The lowest BCUT2D eigenvalue weighted by Gasteiger charge is -2.62. The minimum Gasteiger partial charge on any atom is -0.214 e. The van der Waals surface area contributed by atoms with Gasteiger partial charge in [-0.1, -0.05) is 27.7 Å². The van der Waals surface area contributed by atoms with Gasteiger partial charge in [0.05, 0.1) is 0 Å². The van der Waals surface area contributed by atoms with E-state index in [4.69, 9.17) is 0 Å². The predicted molar refractivity (Wildman–Crippen MR) is 101 cm³/mol. The van der Waals surface area contributed by atoms with E-state index in [1.54, 1.807) is 0 Å². The Morgan fingerprint density at radius 3 is 0.941 bits per heavy atom. The van der Waals surface area contributed by atoms with Gasteiger partial charge < -0.3 is 0 Å². The summed E-state index contributed by atoms with van der Waals surface area (Å²) in [4.78, 5) is 0. The van der Waals surface area contributed by atoms with Gasteiger partial charge in [0.25, 0.3) is 0 Å². The molecule has 0 saturated carbocycles. The third-order valence-electron chi connectivity index (χ3n) is 3.52. The maximum absolute atomic E-state index is 2.61. The van der Waals surface area contributed by atoms with E-state index in [0.717, 1.165) is 10.5 Å². The molecule has 4 heteroatoms. The van der Waals surface area contributed by atoms with E-state index in [1.807, 2.05) is 0 Å². The van der Waals surface area contributed by atoms with Crippen LogP contribution in [0.5, 0.6) is 0 Å². The molecule has 110 valence electrons. The summed E-state index contributed by atoms with van der Waals surface area (Å²) in [7, 11) is -1.35. The average molecular weight is 319 g/mol. The van der Waals surface area contributed by atoms with Crippen molar-refractivity contribution in [1.29, 1.82) is 0 Å². The van der Waals surface area contributed by atoms with Crippen molar-refractivity contribution in [1.82, 2.24) is 0 Å². The van der Waals surface area contributed by atoms with Gasteiger partial charge >= 0.3 is 0 Å². The minimum atomic E-state index is -0.461. The Morgan fingerprint density at radius 1 is 0.588 bits per heavy atom. The summed E-state index contributed by atoms with van der Waals surface area (Å²) in [6, 6.07) is 0. The maximum atomic E-state index is 2.61. The van der Waals surface area contributed by atoms with E-state index in [2.05, 4.69) is 71.5 Å². The van der Waals surface area contributed by atoms with Crippen molar-refractivity contribution < 1.29 is 0 Å². The van der Waals surface area contributed by atoms with E-state index in [0.29, 0.717) is 0 Å². The summed E-state index contributed by atoms with van der Waals surface area (Å²) < 4.78 is 0. The molecule has 0 radical (unpaired) electrons. The molecule has 0 aliphatic heterocycles. The maximum Gasteiger partial charge on any atom is 0.0189 e. The quantitative estimate of drug-likeness (QED) is 0.558. The smallest absolute Gasteiger partial charge is 0.0189 e. The molecule has 0 atom stereocenters. The van der Waals surface area contributed by atoms with Crippen LogP contribution in [0.3, 0.4) is 0 Å². The molecular formula is C13H35PS3. The highest BCUT2D eigenvalue weighted by molar-refractivity contribution is 9.31. The second kappa shape index (κ2) is 5.85. The van der Waals surface area contributed by atoms with Crippen molar-refractivity contribution in [2.75, 3.05) is 43.8 Å². The highest BCUT2D eigenvalue weighted by Crippen LogP contribution is 3.03. The van der Waals surface area contributed by atoms with Crippen molar-refractivity contribution in [3.8, 4) is 0 Å². The highest BCUT2D eigenvalue weighted by atomic mass is 33.4. The topological polar surface area (TPSA) is 0 Å². The van der Waals surface area contributed by atoms with Gasteiger partial charge in [0.1, 0.15) is 0 Å². The Balaban J connectivity index is 5.62. The van der Waals surface area contributed by atoms with E-state index in [1.165, 1.54) is 0 Å². The van der Waals surface area contributed by atoms with Crippen LogP contribution < -0.4 is 0 Å². The van der Waals surface area contributed by atoms with Crippen molar-refractivity contribution in [3.05, 3.63) is 0 Å². The van der Waals surface area contributed by atoms with Gasteiger partial charge in [-0.3, -0.25) is 0 Å². The fourth-order valence-electron chi connectivity index (χ4n) is 1.99. The molecule has 0 fully saturated rings. The summed E-state index contributed by atoms with van der Waals surface area (Å²) in [5.74, 6) is 0. The zero-order chi connectivity index (χ0) is 14.2. The molecule has 0 amide bonds. The Kier molecular flexibility index (Phi) is 6.36. The van der Waals surface area contributed by atoms with E-state index < -0.39 is 28.9 Å². The largest absolute Gasteiger partial charge is 0.214 e. The molecule has 0 heterocycles. The summed E-state index contributed by atoms with van der Waals surface area (Å²) in [5, 5.41) is 1.73. The standard InChI is InChI=1S/C13H35PS3/c1-12(2)16(8,9)14(15(5,6)7)17(10,11)13(3)4/h12-13H,1-11H3. The number of rotatable bonds is 5. The molecule has 0 bridgehead atoms. The molecule has 0 saturated heterocycles. The second-order valence-electron chi connectivity index (χ2n) is 6.79. The SMILES string of the molecule is CC(C)S(C)(C)P(S(C)(C)C)S(C)(C)C(C)C. The Morgan fingerprint density at radius 2 is 0.824 bits per heavy atom. The fourth-order valence-corrected chi connectivity index (χ4v) is 53.8. The molecule has 0 N–H and O–H groups in total. The van der Waals surface area contributed by atoms with Gasteiger partial charge in [0.15, 0.2) is 0 Å². The van der Waals surface area contributed by atoms with Crippen LogP contribution >= 0.6 is 34.5 Å². The normalized spacial score (nSPS) is 18.0. The third kappa shape index (κ3) is 4.23. The first-order chi connectivity index (χ1) is 7.25. The molecule has 0 aromatic carbocycles. The van der Waals surface area contributed by atoms with E-state index >= 15 is 0 Å². The average Bonchev–Trinajstić information content (AvgIpc) is 1.98. The zero-order valence-corrected chi connectivity index (χ0v) is 17.2. The van der Waals surface area contributed by atoms with Crippen molar-refractivity contribution >= 4 is 34.5 Å². The summed E-state index contributed by atoms with van der Waals surface area (Å²) in [6.45, 7) is 9.80. The van der Waals surface area contributed by atoms with Gasteiger partial charge in [0.2, 0.25) is 0 Å². The highest BCUT2D eigenvalue weighted by Gasteiger charge is 2.42. The lowest BCUT2D eigenvalue weighted by molar-refractivity contribution is 1.10. The van der Waals surface area contributed by atoms with Gasteiger partial charge in [-0.15, -0.1) is 0 Å². The van der Waals surface area contributed by atoms with Crippen molar-refractivity contribution in [2.24, 2.45) is 0 Å².